The van der Waals surface area contributed by atoms with Gasteiger partial charge in [0.15, 0.2) is 0 Å². The van der Waals surface area contributed by atoms with Crippen molar-refractivity contribution in [3.05, 3.63) is 83.8 Å². The van der Waals surface area contributed by atoms with Crippen molar-refractivity contribution in [2.45, 2.75) is 0 Å². The van der Waals surface area contributed by atoms with Crippen LogP contribution in [-0.4, -0.2) is 15.4 Å². The summed E-state index contributed by atoms with van der Waals surface area (Å²) in [5, 5.41) is 0. The lowest BCUT2D eigenvalue weighted by Gasteiger charge is -2.00. The van der Waals surface area contributed by atoms with E-state index in [-0.39, 0.29) is 5.97 Å². The van der Waals surface area contributed by atoms with Crippen molar-refractivity contribution >= 4 is 23.5 Å². The molecule has 4 rings (SSSR count). The number of esters is 1. The molecule has 106 valence electrons. The Morgan fingerprint density at radius 1 is 1.05 bits per heavy atom. The molecule has 2 aromatic heterocycles. The summed E-state index contributed by atoms with van der Waals surface area (Å²) in [5.41, 5.74) is 3.09. The lowest BCUT2D eigenvalue weighted by Crippen LogP contribution is -1.97. The zero-order valence-electron chi connectivity index (χ0n) is 11.6. The summed E-state index contributed by atoms with van der Waals surface area (Å²) in [7, 11) is 0. The number of hydrogen-bond donors (Lipinski definition) is 0. The second-order valence-electron chi connectivity index (χ2n) is 4.98. The number of carbonyl (C=O) groups is 1. The second-order valence-corrected chi connectivity index (χ2v) is 4.98. The van der Waals surface area contributed by atoms with Crippen molar-refractivity contribution in [1.82, 2.24) is 9.38 Å². The number of imidazole rings is 1. The van der Waals surface area contributed by atoms with Crippen molar-refractivity contribution in [3.63, 3.8) is 0 Å². The van der Waals surface area contributed by atoms with Crippen LogP contribution in [0, 0.1) is 0 Å². The molecule has 1 aliphatic heterocycles. The molecule has 1 aliphatic rings. The molecule has 0 unspecified atom stereocenters. The van der Waals surface area contributed by atoms with Gasteiger partial charge < -0.3 is 9.14 Å². The molecule has 0 saturated carbocycles. The number of carbonyl (C=O) groups excluding carboxylic acids is 1. The maximum absolute atomic E-state index is 12.0. The number of cyclic esters (lactones) is 1. The minimum atomic E-state index is -0.343. The number of rotatable bonds is 2. The Morgan fingerprint density at radius 2 is 1.86 bits per heavy atom. The minimum Gasteiger partial charge on any atom is -0.422 e. The quantitative estimate of drug-likeness (QED) is 0.536. The standard InChI is InChI=1S/C18H12N2O2/c21-18-14(11-16(22-18)13-6-2-1-3-7-13)10-15-12-19-17-8-4-5-9-20(15)17/h1-12H/b14-10+. The van der Waals surface area contributed by atoms with E-state index >= 15 is 0 Å². The molecule has 4 heteroatoms. The summed E-state index contributed by atoms with van der Waals surface area (Å²) >= 11 is 0. The molecule has 3 aromatic rings. The Balaban J connectivity index is 1.76. The zero-order valence-corrected chi connectivity index (χ0v) is 11.6. The molecule has 1 aromatic carbocycles. The molecular formula is C18H12N2O2. The van der Waals surface area contributed by atoms with E-state index < -0.39 is 0 Å². The Morgan fingerprint density at radius 3 is 2.73 bits per heavy atom. The smallest absolute Gasteiger partial charge is 0.343 e. The number of pyridine rings is 1. The van der Waals surface area contributed by atoms with Crippen LogP contribution < -0.4 is 0 Å². The van der Waals surface area contributed by atoms with Crippen LogP contribution in [0.2, 0.25) is 0 Å². The number of hydrogen-bond acceptors (Lipinski definition) is 3. The lowest BCUT2D eigenvalue weighted by atomic mass is 10.1. The molecule has 0 amide bonds. The highest BCUT2D eigenvalue weighted by Gasteiger charge is 2.22. The third kappa shape index (κ3) is 2.11. The summed E-state index contributed by atoms with van der Waals surface area (Å²) < 4.78 is 7.27. The van der Waals surface area contributed by atoms with Crippen molar-refractivity contribution in [3.8, 4) is 0 Å². The molecule has 22 heavy (non-hydrogen) atoms. The summed E-state index contributed by atoms with van der Waals surface area (Å²) in [5.74, 6) is 0.232. The van der Waals surface area contributed by atoms with Crippen LogP contribution in [0.25, 0.3) is 17.5 Å². The topological polar surface area (TPSA) is 43.6 Å². The van der Waals surface area contributed by atoms with E-state index in [2.05, 4.69) is 4.98 Å². The van der Waals surface area contributed by atoms with E-state index in [1.54, 1.807) is 18.3 Å². The van der Waals surface area contributed by atoms with Crippen LogP contribution in [-0.2, 0) is 9.53 Å². The molecule has 0 aliphatic carbocycles. The predicted octanol–water partition coefficient (Wildman–Crippen LogP) is 3.32. The van der Waals surface area contributed by atoms with Crippen molar-refractivity contribution in [2.75, 3.05) is 0 Å². The molecule has 0 radical (unpaired) electrons. The largest absolute Gasteiger partial charge is 0.422 e. The van der Waals surface area contributed by atoms with E-state index in [9.17, 15) is 4.79 Å². The molecule has 0 N–H and O–H groups in total. The molecule has 4 nitrogen and oxygen atoms in total. The van der Waals surface area contributed by atoms with Crippen LogP contribution in [0.4, 0.5) is 0 Å². The molecule has 0 spiro atoms. The van der Waals surface area contributed by atoms with Gasteiger partial charge in [-0.1, -0.05) is 36.4 Å². The second kappa shape index (κ2) is 5.00. The minimum absolute atomic E-state index is 0.343. The molecule has 0 atom stereocenters. The van der Waals surface area contributed by atoms with Gasteiger partial charge in [0.2, 0.25) is 0 Å². The van der Waals surface area contributed by atoms with Gasteiger partial charge in [0.1, 0.15) is 11.4 Å². The van der Waals surface area contributed by atoms with E-state index in [0.717, 1.165) is 16.9 Å². The Kier molecular flexibility index (Phi) is 2.86. The van der Waals surface area contributed by atoms with Gasteiger partial charge in [0, 0.05) is 11.8 Å². The van der Waals surface area contributed by atoms with Gasteiger partial charge in [-0.2, -0.15) is 0 Å². The maximum Gasteiger partial charge on any atom is 0.343 e. The number of aromatic nitrogens is 2. The fourth-order valence-electron chi connectivity index (χ4n) is 2.45. The summed E-state index contributed by atoms with van der Waals surface area (Å²) in [6.07, 6.45) is 7.21. The first-order chi connectivity index (χ1) is 10.8. The first kappa shape index (κ1) is 12.6. The molecular weight excluding hydrogens is 276 g/mol. The number of ether oxygens (including phenoxy) is 1. The lowest BCUT2D eigenvalue weighted by molar-refractivity contribution is -0.130. The molecule has 0 bridgehead atoms. The Labute approximate surface area is 127 Å². The highest BCUT2D eigenvalue weighted by Crippen LogP contribution is 2.27. The average Bonchev–Trinajstić information content (AvgIpc) is 3.13. The van der Waals surface area contributed by atoms with Crippen molar-refractivity contribution < 1.29 is 9.53 Å². The number of fused-ring (bicyclic) bond motifs is 1. The van der Waals surface area contributed by atoms with Crippen molar-refractivity contribution in [2.24, 2.45) is 0 Å². The van der Waals surface area contributed by atoms with Crippen LogP contribution in [0.5, 0.6) is 0 Å². The van der Waals surface area contributed by atoms with Gasteiger partial charge >= 0.3 is 5.97 Å². The fraction of sp³-hybridized carbons (Fsp3) is 0. The predicted molar refractivity (Wildman–Crippen MR) is 83.7 cm³/mol. The molecule has 0 saturated heterocycles. The van der Waals surface area contributed by atoms with Gasteiger partial charge in [-0.3, -0.25) is 0 Å². The number of benzene rings is 1. The van der Waals surface area contributed by atoms with Crippen LogP contribution in [0.15, 0.2) is 72.6 Å². The van der Waals surface area contributed by atoms with E-state index in [1.165, 1.54) is 0 Å². The Hall–Kier alpha value is -3.14. The highest BCUT2D eigenvalue weighted by atomic mass is 16.5. The van der Waals surface area contributed by atoms with Gasteiger partial charge in [-0.25, -0.2) is 9.78 Å². The summed E-state index contributed by atoms with van der Waals surface area (Å²) in [6.45, 7) is 0. The van der Waals surface area contributed by atoms with Crippen molar-refractivity contribution in [1.29, 1.82) is 0 Å². The van der Waals surface area contributed by atoms with Gasteiger partial charge in [0.05, 0.1) is 17.5 Å². The molecule has 3 heterocycles. The summed E-state index contributed by atoms with van der Waals surface area (Å²) in [4.78, 5) is 16.4. The normalized spacial score (nSPS) is 16.1. The maximum atomic E-state index is 12.0. The van der Waals surface area contributed by atoms with E-state index in [4.69, 9.17) is 4.74 Å². The highest BCUT2D eigenvalue weighted by molar-refractivity contribution is 6.04. The third-order valence-electron chi connectivity index (χ3n) is 3.53. The molecule has 0 fully saturated rings. The first-order valence-corrected chi connectivity index (χ1v) is 6.94. The van der Waals surface area contributed by atoms with Gasteiger partial charge in [0.25, 0.3) is 0 Å². The zero-order chi connectivity index (χ0) is 14.9. The average molecular weight is 288 g/mol. The number of nitrogens with zero attached hydrogens (tertiary/aromatic N) is 2. The summed E-state index contributed by atoms with van der Waals surface area (Å²) in [6, 6.07) is 15.3. The van der Waals surface area contributed by atoms with E-state index in [1.807, 2.05) is 59.1 Å². The van der Waals surface area contributed by atoms with E-state index in [0.29, 0.717) is 11.3 Å². The monoisotopic (exact) mass is 288 g/mol. The third-order valence-corrected chi connectivity index (χ3v) is 3.53. The van der Waals surface area contributed by atoms with Crippen LogP contribution in [0.1, 0.15) is 11.3 Å². The van der Waals surface area contributed by atoms with Crippen LogP contribution >= 0.6 is 0 Å². The van der Waals surface area contributed by atoms with Gasteiger partial charge in [-0.15, -0.1) is 0 Å². The first-order valence-electron chi connectivity index (χ1n) is 6.94. The van der Waals surface area contributed by atoms with Gasteiger partial charge in [-0.05, 0) is 24.3 Å². The van der Waals surface area contributed by atoms with Crippen LogP contribution in [0.3, 0.4) is 0 Å². The fourth-order valence-corrected chi connectivity index (χ4v) is 2.45. The Bertz CT molecular complexity index is 920. The SMILES string of the molecule is O=C1OC(c2ccccc2)=C/C1=C\c1cnc2ccccn12.